The number of amides is 2. The van der Waals surface area contributed by atoms with Crippen LogP contribution in [-0.4, -0.2) is 29.3 Å². The van der Waals surface area contributed by atoms with Crippen LogP contribution in [0.5, 0.6) is 0 Å². The Labute approximate surface area is 197 Å². The fourth-order valence-electron chi connectivity index (χ4n) is 3.55. The molecule has 0 aliphatic carbocycles. The average Bonchev–Trinajstić information content (AvgIpc) is 2.84. The predicted octanol–water partition coefficient (Wildman–Crippen LogP) is 3.36. The van der Waals surface area contributed by atoms with Gasteiger partial charge in [-0.05, 0) is 24.0 Å². The van der Waals surface area contributed by atoms with Crippen LogP contribution in [0.4, 0.5) is 5.69 Å². The Hall–Kier alpha value is -4.01. The molecule has 0 aromatic heterocycles. The van der Waals surface area contributed by atoms with Crippen LogP contribution in [0, 0.1) is 16.0 Å². The minimum Gasteiger partial charge on any atom is -0.456 e. The van der Waals surface area contributed by atoms with Gasteiger partial charge in [-0.1, -0.05) is 54.6 Å². The summed E-state index contributed by atoms with van der Waals surface area (Å²) in [5.74, 6) is -1.52. The molecule has 1 aliphatic heterocycles. The van der Waals surface area contributed by atoms with Gasteiger partial charge in [-0.15, -0.1) is 0 Å². The number of nitrogens with zero attached hydrogens (tertiary/aromatic N) is 1. The normalized spacial score (nSPS) is 20.1. The molecule has 0 saturated carbocycles. The van der Waals surface area contributed by atoms with E-state index in [9.17, 15) is 24.5 Å². The smallest absolute Gasteiger partial charge is 0.306 e. The van der Waals surface area contributed by atoms with Crippen molar-refractivity contribution in [2.45, 2.75) is 38.3 Å². The molecule has 1 aliphatic rings. The molecule has 178 valence electrons. The number of nitro benzene ring substituents is 1. The fourth-order valence-corrected chi connectivity index (χ4v) is 3.55. The molecular weight excluding hydrogens is 438 g/mol. The van der Waals surface area contributed by atoms with E-state index in [1.165, 1.54) is 12.1 Å². The Morgan fingerprint density at radius 2 is 1.82 bits per heavy atom. The van der Waals surface area contributed by atoms with Gasteiger partial charge in [0, 0.05) is 31.5 Å². The van der Waals surface area contributed by atoms with E-state index in [1.807, 2.05) is 36.4 Å². The molecule has 34 heavy (non-hydrogen) atoms. The van der Waals surface area contributed by atoms with Gasteiger partial charge >= 0.3 is 5.97 Å². The minimum absolute atomic E-state index is 0.0149. The van der Waals surface area contributed by atoms with Crippen molar-refractivity contribution in [3.05, 3.63) is 88.0 Å². The van der Waals surface area contributed by atoms with Crippen molar-refractivity contribution >= 4 is 23.5 Å². The first kappa shape index (κ1) is 24.6. The van der Waals surface area contributed by atoms with Gasteiger partial charge in [0.1, 0.15) is 6.10 Å². The summed E-state index contributed by atoms with van der Waals surface area (Å²) >= 11 is 0. The van der Waals surface area contributed by atoms with Gasteiger partial charge in [-0.3, -0.25) is 24.5 Å². The van der Waals surface area contributed by atoms with Crippen molar-refractivity contribution in [2.75, 3.05) is 6.54 Å². The predicted molar refractivity (Wildman–Crippen MR) is 124 cm³/mol. The second-order valence-electron chi connectivity index (χ2n) is 7.98. The first-order chi connectivity index (χ1) is 16.4. The van der Waals surface area contributed by atoms with E-state index in [4.69, 9.17) is 4.74 Å². The quantitative estimate of drug-likeness (QED) is 0.291. The molecule has 2 atom stereocenters. The van der Waals surface area contributed by atoms with E-state index < -0.39 is 16.9 Å². The molecule has 9 heteroatoms. The van der Waals surface area contributed by atoms with Gasteiger partial charge in [-0.2, -0.15) is 0 Å². The van der Waals surface area contributed by atoms with Gasteiger partial charge in [0.25, 0.3) is 5.69 Å². The largest absolute Gasteiger partial charge is 0.456 e. The number of benzene rings is 2. The van der Waals surface area contributed by atoms with Gasteiger partial charge in [0.05, 0.1) is 17.4 Å². The van der Waals surface area contributed by atoms with E-state index >= 15 is 0 Å². The molecule has 0 unspecified atom stereocenters. The SMILES string of the molecule is O=C(C[C@@H]1C/C=C/CCC(=O)O[C@H](c2ccccc2)CNC1=O)NCc1ccc([N+](=O)[O-])cc1. The van der Waals surface area contributed by atoms with E-state index in [1.54, 1.807) is 18.2 Å². The van der Waals surface area contributed by atoms with E-state index in [0.717, 1.165) is 11.1 Å². The average molecular weight is 466 g/mol. The number of esters is 1. The minimum atomic E-state index is -0.613. The molecule has 0 saturated heterocycles. The molecule has 2 aromatic carbocycles. The first-order valence-corrected chi connectivity index (χ1v) is 11.1. The summed E-state index contributed by atoms with van der Waals surface area (Å²) in [5.41, 5.74) is 1.47. The standard InChI is InChI=1S/C25H27N3O6/c29-23(26-16-18-11-13-21(14-12-18)28(32)33)15-20-9-5-2-6-10-24(30)34-22(17-27-25(20)31)19-7-3-1-4-8-19/h1-5,7-8,11-14,20,22H,6,9-10,15-17H2,(H,26,29)(H,27,31)/b5-2+/t20-,22-/m0/s1. The van der Waals surface area contributed by atoms with Crippen LogP contribution in [0.2, 0.25) is 0 Å². The summed E-state index contributed by atoms with van der Waals surface area (Å²) < 4.78 is 5.58. The van der Waals surface area contributed by atoms with Gasteiger partial charge < -0.3 is 15.4 Å². The lowest BCUT2D eigenvalue weighted by atomic mass is 9.98. The third kappa shape index (κ3) is 7.54. The Morgan fingerprint density at radius 1 is 1.09 bits per heavy atom. The number of allylic oxidation sites excluding steroid dienone is 2. The van der Waals surface area contributed by atoms with Crippen LogP contribution in [0.25, 0.3) is 0 Å². The summed E-state index contributed by atoms with van der Waals surface area (Å²) in [6, 6.07) is 15.1. The van der Waals surface area contributed by atoms with Crippen LogP contribution in [0.15, 0.2) is 66.7 Å². The third-order valence-corrected chi connectivity index (χ3v) is 5.45. The van der Waals surface area contributed by atoms with Crippen LogP contribution in [0.1, 0.15) is 42.9 Å². The maximum absolute atomic E-state index is 12.9. The first-order valence-electron chi connectivity index (χ1n) is 11.1. The van der Waals surface area contributed by atoms with E-state index in [-0.39, 0.29) is 49.4 Å². The lowest BCUT2D eigenvalue weighted by Gasteiger charge is -2.21. The maximum atomic E-state index is 12.9. The third-order valence-electron chi connectivity index (χ3n) is 5.45. The van der Waals surface area contributed by atoms with Gasteiger partial charge in [0.2, 0.25) is 11.8 Å². The summed E-state index contributed by atoms with van der Waals surface area (Å²) in [5, 5.41) is 16.3. The summed E-state index contributed by atoms with van der Waals surface area (Å²) in [6.45, 7) is 0.312. The zero-order chi connectivity index (χ0) is 24.3. The zero-order valence-electron chi connectivity index (χ0n) is 18.6. The van der Waals surface area contributed by atoms with Crippen LogP contribution >= 0.6 is 0 Å². The van der Waals surface area contributed by atoms with Crippen molar-refractivity contribution in [3.63, 3.8) is 0 Å². The van der Waals surface area contributed by atoms with Crippen molar-refractivity contribution in [3.8, 4) is 0 Å². The van der Waals surface area contributed by atoms with Gasteiger partial charge in [0.15, 0.2) is 0 Å². The van der Waals surface area contributed by atoms with E-state index in [0.29, 0.717) is 12.8 Å². The molecular formula is C25H27N3O6. The molecule has 2 amide bonds. The van der Waals surface area contributed by atoms with Crippen LogP contribution in [-0.2, 0) is 25.7 Å². The highest BCUT2D eigenvalue weighted by molar-refractivity contribution is 5.86. The number of hydrogen-bond donors (Lipinski definition) is 2. The monoisotopic (exact) mass is 465 g/mol. The fraction of sp³-hybridized carbons (Fsp3) is 0.320. The van der Waals surface area contributed by atoms with Crippen molar-refractivity contribution in [1.29, 1.82) is 0 Å². The molecule has 0 fully saturated rings. The lowest BCUT2D eigenvalue weighted by molar-refractivity contribution is -0.384. The highest BCUT2D eigenvalue weighted by atomic mass is 16.6. The van der Waals surface area contributed by atoms with Crippen molar-refractivity contribution < 1.29 is 24.0 Å². The summed E-state index contributed by atoms with van der Waals surface area (Å²) in [4.78, 5) is 47.8. The number of nitro groups is 1. The number of rotatable bonds is 6. The zero-order valence-corrected chi connectivity index (χ0v) is 18.6. The van der Waals surface area contributed by atoms with Crippen LogP contribution in [0.3, 0.4) is 0 Å². The van der Waals surface area contributed by atoms with Crippen molar-refractivity contribution in [1.82, 2.24) is 10.6 Å². The number of cyclic esters (lactones) is 1. The Kier molecular flexibility index (Phi) is 8.90. The van der Waals surface area contributed by atoms with E-state index in [2.05, 4.69) is 10.6 Å². The number of hydrogen-bond acceptors (Lipinski definition) is 6. The molecule has 1 heterocycles. The molecule has 9 nitrogen and oxygen atoms in total. The van der Waals surface area contributed by atoms with Crippen LogP contribution < -0.4 is 10.6 Å². The highest BCUT2D eigenvalue weighted by Gasteiger charge is 2.24. The van der Waals surface area contributed by atoms with Crippen molar-refractivity contribution in [2.24, 2.45) is 5.92 Å². The maximum Gasteiger partial charge on any atom is 0.306 e. The molecule has 3 rings (SSSR count). The second kappa shape index (κ2) is 12.3. The number of nitrogens with one attached hydrogen (secondary N) is 2. The number of carbonyl (C=O) groups excluding carboxylic acids is 3. The Balaban J connectivity index is 1.61. The van der Waals surface area contributed by atoms with Gasteiger partial charge in [-0.25, -0.2) is 0 Å². The topological polar surface area (TPSA) is 128 Å². The molecule has 0 radical (unpaired) electrons. The number of ether oxygens (including phenoxy) is 1. The Morgan fingerprint density at radius 3 is 2.53 bits per heavy atom. The highest BCUT2D eigenvalue weighted by Crippen LogP contribution is 2.20. The summed E-state index contributed by atoms with van der Waals surface area (Å²) in [6.07, 6.45) is 4.07. The summed E-state index contributed by atoms with van der Waals surface area (Å²) in [7, 11) is 0. The number of non-ortho nitro benzene ring substituents is 1. The number of carbonyl (C=O) groups is 3. The molecule has 0 bridgehead atoms. The molecule has 0 spiro atoms. The lowest BCUT2D eigenvalue weighted by Crippen LogP contribution is -2.37. The second-order valence-corrected chi connectivity index (χ2v) is 7.98. The molecule has 2 aromatic rings. The Bertz CT molecular complexity index is 1040. The molecule has 2 N–H and O–H groups in total.